The standard InChI is InChI=1S/C20H25N5O3S/c1-3-28-16-5-4-6-17-18(16)21-20(29-17)25(10-9-24-11-13-27-14-12-24)19(26)15-7-8-23(2)22-15/h4-8H,3,9-14H2,1-2H3. The Hall–Kier alpha value is -2.49. The predicted molar refractivity (Wildman–Crippen MR) is 113 cm³/mol. The predicted octanol–water partition coefficient (Wildman–Crippen LogP) is 2.41. The van der Waals surface area contributed by atoms with Crippen LogP contribution in [-0.2, 0) is 11.8 Å². The van der Waals surface area contributed by atoms with Crippen molar-refractivity contribution in [3.8, 4) is 5.75 Å². The normalized spacial score (nSPS) is 15.0. The second-order valence-corrected chi connectivity index (χ2v) is 7.83. The first-order chi connectivity index (χ1) is 14.2. The first-order valence-corrected chi connectivity index (χ1v) is 10.6. The number of hydrogen-bond acceptors (Lipinski definition) is 7. The van der Waals surface area contributed by atoms with Crippen LogP contribution in [0.1, 0.15) is 17.4 Å². The van der Waals surface area contributed by atoms with E-state index in [2.05, 4.69) is 10.00 Å². The summed E-state index contributed by atoms with van der Waals surface area (Å²) in [6.45, 7) is 7.03. The van der Waals surface area contributed by atoms with Crippen molar-refractivity contribution in [3.63, 3.8) is 0 Å². The second-order valence-electron chi connectivity index (χ2n) is 6.82. The molecule has 0 spiro atoms. The van der Waals surface area contributed by atoms with Gasteiger partial charge in [0.05, 0.1) is 24.5 Å². The van der Waals surface area contributed by atoms with E-state index >= 15 is 0 Å². The van der Waals surface area contributed by atoms with Crippen molar-refractivity contribution in [2.75, 3.05) is 50.9 Å². The first kappa shape index (κ1) is 19.8. The summed E-state index contributed by atoms with van der Waals surface area (Å²) in [5.74, 6) is 0.599. The van der Waals surface area contributed by atoms with Gasteiger partial charge in [-0.3, -0.25) is 19.3 Å². The van der Waals surface area contributed by atoms with Crippen LogP contribution in [0.25, 0.3) is 10.2 Å². The molecule has 1 aliphatic rings. The van der Waals surface area contributed by atoms with E-state index in [1.165, 1.54) is 11.3 Å². The number of benzene rings is 1. The summed E-state index contributed by atoms with van der Waals surface area (Å²) >= 11 is 1.50. The molecule has 3 aromatic rings. The van der Waals surface area contributed by atoms with Gasteiger partial charge >= 0.3 is 0 Å². The number of nitrogens with zero attached hydrogens (tertiary/aromatic N) is 5. The van der Waals surface area contributed by atoms with Gasteiger partial charge in [-0.1, -0.05) is 17.4 Å². The third kappa shape index (κ3) is 4.42. The average Bonchev–Trinajstić information content (AvgIpc) is 3.36. The van der Waals surface area contributed by atoms with E-state index in [9.17, 15) is 4.79 Å². The molecule has 0 unspecified atom stereocenters. The Morgan fingerprint density at radius 3 is 2.86 bits per heavy atom. The molecule has 4 rings (SSSR count). The number of aryl methyl sites for hydroxylation is 1. The molecule has 154 valence electrons. The monoisotopic (exact) mass is 415 g/mol. The molecule has 0 N–H and O–H groups in total. The van der Waals surface area contributed by atoms with Gasteiger partial charge in [0, 0.05) is 39.4 Å². The van der Waals surface area contributed by atoms with Crippen molar-refractivity contribution in [3.05, 3.63) is 36.2 Å². The molecule has 1 aliphatic heterocycles. The van der Waals surface area contributed by atoms with Gasteiger partial charge in [0.25, 0.3) is 5.91 Å². The molecule has 1 amide bonds. The topological polar surface area (TPSA) is 72.7 Å². The Morgan fingerprint density at radius 2 is 2.14 bits per heavy atom. The molecular weight excluding hydrogens is 390 g/mol. The summed E-state index contributed by atoms with van der Waals surface area (Å²) in [5, 5.41) is 4.96. The summed E-state index contributed by atoms with van der Waals surface area (Å²) in [7, 11) is 1.81. The molecule has 1 fully saturated rings. The molecular formula is C20H25N5O3S. The van der Waals surface area contributed by atoms with Crippen LogP contribution in [-0.4, -0.2) is 71.6 Å². The molecule has 1 aromatic carbocycles. The van der Waals surface area contributed by atoms with E-state index in [4.69, 9.17) is 14.5 Å². The van der Waals surface area contributed by atoms with Crippen LogP contribution in [0.15, 0.2) is 30.5 Å². The number of aromatic nitrogens is 3. The van der Waals surface area contributed by atoms with Crippen LogP contribution in [0.5, 0.6) is 5.75 Å². The summed E-state index contributed by atoms with van der Waals surface area (Å²) < 4.78 is 13.8. The number of morpholine rings is 1. The Balaban J connectivity index is 1.64. The van der Waals surface area contributed by atoms with Crippen LogP contribution < -0.4 is 9.64 Å². The Labute approximate surface area is 173 Å². The van der Waals surface area contributed by atoms with Crippen molar-refractivity contribution in [2.24, 2.45) is 7.05 Å². The van der Waals surface area contributed by atoms with Gasteiger partial charge in [-0.15, -0.1) is 0 Å². The van der Waals surface area contributed by atoms with Crippen molar-refractivity contribution >= 4 is 32.6 Å². The number of amides is 1. The van der Waals surface area contributed by atoms with Gasteiger partial charge < -0.3 is 9.47 Å². The minimum atomic E-state index is -0.143. The van der Waals surface area contributed by atoms with E-state index in [0.29, 0.717) is 24.0 Å². The van der Waals surface area contributed by atoms with Gasteiger partial charge in [-0.2, -0.15) is 5.10 Å². The van der Waals surface area contributed by atoms with E-state index < -0.39 is 0 Å². The highest BCUT2D eigenvalue weighted by molar-refractivity contribution is 7.22. The van der Waals surface area contributed by atoms with Gasteiger partial charge in [0.2, 0.25) is 0 Å². The van der Waals surface area contributed by atoms with Gasteiger partial charge in [0.1, 0.15) is 11.3 Å². The number of ether oxygens (including phenoxy) is 2. The zero-order valence-corrected chi connectivity index (χ0v) is 17.5. The van der Waals surface area contributed by atoms with E-state index in [0.717, 1.165) is 48.8 Å². The third-order valence-corrected chi connectivity index (χ3v) is 5.87. The number of rotatable bonds is 7. The number of fused-ring (bicyclic) bond motifs is 1. The zero-order chi connectivity index (χ0) is 20.2. The van der Waals surface area contributed by atoms with Crippen LogP contribution in [0.4, 0.5) is 5.13 Å². The van der Waals surface area contributed by atoms with E-state index in [1.807, 2.05) is 25.1 Å². The van der Waals surface area contributed by atoms with Crippen molar-refractivity contribution in [1.82, 2.24) is 19.7 Å². The highest BCUT2D eigenvalue weighted by Gasteiger charge is 2.25. The fraction of sp³-hybridized carbons (Fsp3) is 0.450. The van der Waals surface area contributed by atoms with Crippen LogP contribution >= 0.6 is 11.3 Å². The van der Waals surface area contributed by atoms with Crippen molar-refractivity contribution in [1.29, 1.82) is 0 Å². The summed E-state index contributed by atoms with van der Waals surface area (Å²) in [5.41, 5.74) is 1.21. The summed E-state index contributed by atoms with van der Waals surface area (Å²) in [6, 6.07) is 7.61. The van der Waals surface area contributed by atoms with E-state index in [1.54, 1.807) is 28.9 Å². The van der Waals surface area contributed by atoms with Gasteiger partial charge in [0.15, 0.2) is 10.8 Å². The SMILES string of the molecule is CCOc1cccc2sc(N(CCN3CCOCC3)C(=O)c3ccn(C)n3)nc12. The lowest BCUT2D eigenvalue weighted by Crippen LogP contribution is -2.43. The lowest BCUT2D eigenvalue weighted by atomic mass is 10.3. The molecule has 3 heterocycles. The van der Waals surface area contributed by atoms with Crippen LogP contribution in [0, 0.1) is 0 Å². The summed E-state index contributed by atoms with van der Waals surface area (Å²) in [6.07, 6.45) is 1.78. The zero-order valence-electron chi connectivity index (χ0n) is 16.7. The molecule has 1 saturated heterocycles. The fourth-order valence-corrected chi connectivity index (χ4v) is 4.32. The number of anilines is 1. The second kappa shape index (κ2) is 8.89. The molecule has 8 nitrogen and oxygen atoms in total. The number of carbonyl (C=O) groups is 1. The fourth-order valence-electron chi connectivity index (χ4n) is 3.32. The maximum atomic E-state index is 13.3. The molecule has 29 heavy (non-hydrogen) atoms. The number of carbonyl (C=O) groups excluding carboxylic acids is 1. The molecule has 0 saturated carbocycles. The lowest BCUT2D eigenvalue weighted by molar-refractivity contribution is 0.0391. The molecule has 0 aliphatic carbocycles. The molecule has 2 aromatic heterocycles. The molecule has 0 radical (unpaired) electrons. The number of thiazole rings is 1. The quantitative estimate of drug-likeness (QED) is 0.590. The van der Waals surface area contributed by atoms with E-state index in [-0.39, 0.29) is 5.91 Å². The highest BCUT2D eigenvalue weighted by atomic mass is 32.1. The van der Waals surface area contributed by atoms with Crippen molar-refractivity contribution in [2.45, 2.75) is 6.92 Å². The number of para-hydroxylation sites is 1. The maximum absolute atomic E-state index is 13.3. The third-order valence-electron chi connectivity index (χ3n) is 4.82. The maximum Gasteiger partial charge on any atom is 0.280 e. The molecule has 0 atom stereocenters. The minimum Gasteiger partial charge on any atom is -0.492 e. The van der Waals surface area contributed by atoms with Gasteiger partial charge in [-0.25, -0.2) is 4.98 Å². The molecule has 0 bridgehead atoms. The lowest BCUT2D eigenvalue weighted by Gasteiger charge is -2.29. The minimum absolute atomic E-state index is 0.143. The van der Waals surface area contributed by atoms with Crippen LogP contribution in [0.2, 0.25) is 0 Å². The highest BCUT2D eigenvalue weighted by Crippen LogP contribution is 2.34. The average molecular weight is 416 g/mol. The number of hydrogen-bond donors (Lipinski definition) is 0. The smallest absolute Gasteiger partial charge is 0.280 e. The molecule has 9 heteroatoms. The van der Waals surface area contributed by atoms with Crippen LogP contribution in [0.3, 0.4) is 0 Å². The van der Waals surface area contributed by atoms with Crippen molar-refractivity contribution < 1.29 is 14.3 Å². The Bertz CT molecular complexity index is 980. The first-order valence-electron chi connectivity index (χ1n) is 9.79. The Kier molecular flexibility index (Phi) is 6.08. The van der Waals surface area contributed by atoms with Gasteiger partial charge in [-0.05, 0) is 25.1 Å². The Morgan fingerprint density at radius 1 is 1.31 bits per heavy atom. The largest absolute Gasteiger partial charge is 0.492 e. The summed E-state index contributed by atoms with van der Waals surface area (Å²) in [4.78, 5) is 22.1.